The van der Waals surface area contributed by atoms with Crippen LogP contribution in [0.25, 0.3) is 5.69 Å². The Bertz CT molecular complexity index is 931. The molecule has 2 heterocycles. The summed E-state index contributed by atoms with van der Waals surface area (Å²) >= 11 is 1.49. The number of aryl methyl sites for hydroxylation is 2. The minimum Gasteiger partial charge on any atom is -0.291 e. The molecule has 0 radical (unpaired) electrons. The molecule has 6 heteroatoms. The van der Waals surface area contributed by atoms with Crippen LogP contribution in [0, 0.1) is 32.1 Å². The van der Waals surface area contributed by atoms with Gasteiger partial charge < -0.3 is 0 Å². The summed E-state index contributed by atoms with van der Waals surface area (Å²) in [6.45, 7) is 6.47. The van der Waals surface area contributed by atoms with Crippen LogP contribution in [0.1, 0.15) is 33.6 Å². The van der Waals surface area contributed by atoms with Crippen molar-refractivity contribution < 1.29 is 0 Å². The monoisotopic (exact) mass is 349 g/mol. The summed E-state index contributed by atoms with van der Waals surface area (Å²) in [4.78, 5) is 8.87. The van der Waals surface area contributed by atoms with Crippen molar-refractivity contribution in [1.82, 2.24) is 14.8 Å². The van der Waals surface area contributed by atoms with Gasteiger partial charge in [-0.25, -0.2) is 9.67 Å². The van der Waals surface area contributed by atoms with E-state index in [4.69, 9.17) is 0 Å². The Morgan fingerprint density at radius 3 is 2.68 bits per heavy atom. The van der Waals surface area contributed by atoms with E-state index in [0.29, 0.717) is 6.54 Å². The van der Waals surface area contributed by atoms with Crippen LogP contribution in [-0.4, -0.2) is 21.0 Å². The van der Waals surface area contributed by atoms with Crippen molar-refractivity contribution in [3.63, 3.8) is 0 Å². The Kier molecular flexibility index (Phi) is 5.05. The Hall–Kier alpha value is -2.78. The summed E-state index contributed by atoms with van der Waals surface area (Å²) in [6, 6.07) is 12.3. The van der Waals surface area contributed by atoms with Crippen molar-refractivity contribution in [2.75, 3.05) is 0 Å². The number of thiazole rings is 1. The summed E-state index contributed by atoms with van der Waals surface area (Å²) in [7, 11) is 0. The van der Waals surface area contributed by atoms with E-state index in [2.05, 4.69) is 21.1 Å². The van der Waals surface area contributed by atoms with Crippen LogP contribution < -0.4 is 0 Å². The van der Waals surface area contributed by atoms with E-state index in [1.165, 1.54) is 11.3 Å². The number of benzene rings is 1. The van der Waals surface area contributed by atoms with Gasteiger partial charge >= 0.3 is 0 Å². The normalized spacial score (nSPS) is 12.4. The number of aromatic nitrogens is 3. The summed E-state index contributed by atoms with van der Waals surface area (Å²) in [5, 5.41) is 16.7. The van der Waals surface area contributed by atoms with Crippen LogP contribution in [-0.2, 0) is 6.54 Å². The number of nitriles is 1. The van der Waals surface area contributed by atoms with Crippen molar-refractivity contribution >= 4 is 17.6 Å². The number of hydrogen-bond donors (Lipinski definition) is 0. The summed E-state index contributed by atoms with van der Waals surface area (Å²) < 4.78 is 1.94. The molecule has 0 N–H and O–H groups in total. The molecule has 0 aliphatic carbocycles. The number of para-hydroxylation sites is 1. The zero-order valence-corrected chi connectivity index (χ0v) is 15.3. The highest BCUT2D eigenvalue weighted by Crippen LogP contribution is 2.20. The van der Waals surface area contributed by atoms with Crippen molar-refractivity contribution in [1.29, 1.82) is 5.26 Å². The Balaban J connectivity index is 1.79. The first-order chi connectivity index (χ1) is 12.1. The smallest absolute Gasteiger partial charge is 0.133 e. The number of aliphatic imine (C=N–C) groups is 1. The van der Waals surface area contributed by atoms with Crippen LogP contribution >= 0.6 is 11.3 Å². The molecule has 0 aliphatic rings. The second kappa shape index (κ2) is 7.41. The molecule has 1 atom stereocenters. The molecule has 0 aliphatic heterocycles. The third-order valence-corrected chi connectivity index (χ3v) is 5.03. The molecule has 1 aromatic carbocycles. The minimum absolute atomic E-state index is 0.400. The van der Waals surface area contributed by atoms with Gasteiger partial charge in [0, 0.05) is 28.5 Å². The van der Waals surface area contributed by atoms with E-state index in [9.17, 15) is 5.26 Å². The van der Waals surface area contributed by atoms with Gasteiger partial charge in [-0.1, -0.05) is 18.2 Å². The lowest BCUT2D eigenvalue weighted by molar-refractivity contribution is 0.832. The molecule has 3 rings (SSSR count). The van der Waals surface area contributed by atoms with Crippen LogP contribution in [0.15, 0.2) is 40.7 Å². The topological polar surface area (TPSA) is 66.9 Å². The molecule has 0 saturated carbocycles. The predicted molar refractivity (Wildman–Crippen MR) is 100 cm³/mol. The molecule has 0 spiro atoms. The van der Waals surface area contributed by atoms with Gasteiger partial charge in [0.25, 0.3) is 0 Å². The van der Waals surface area contributed by atoms with Crippen LogP contribution in [0.5, 0.6) is 0 Å². The van der Waals surface area contributed by atoms with Gasteiger partial charge in [-0.15, -0.1) is 11.3 Å². The van der Waals surface area contributed by atoms with E-state index in [1.807, 2.05) is 61.2 Å². The minimum atomic E-state index is -0.400. The summed E-state index contributed by atoms with van der Waals surface area (Å²) in [5.74, 6) is -0.400. The summed E-state index contributed by atoms with van der Waals surface area (Å²) in [6.07, 6.45) is 1.69. The fraction of sp³-hybridized carbons (Fsp3) is 0.263. The van der Waals surface area contributed by atoms with Crippen LogP contribution in [0.2, 0.25) is 0 Å². The van der Waals surface area contributed by atoms with E-state index < -0.39 is 5.92 Å². The van der Waals surface area contributed by atoms with Crippen molar-refractivity contribution in [3.8, 4) is 11.8 Å². The van der Waals surface area contributed by atoms with Crippen LogP contribution in [0.3, 0.4) is 0 Å². The number of nitrogens with zero attached hydrogens (tertiary/aromatic N) is 5. The lowest BCUT2D eigenvalue weighted by Gasteiger charge is -2.04. The second-order valence-electron chi connectivity index (χ2n) is 5.82. The van der Waals surface area contributed by atoms with E-state index >= 15 is 0 Å². The zero-order chi connectivity index (χ0) is 17.8. The first kappa shape index (κ1) is 17.1. The maximum atomic E-state index is 9.36. The molecule has 0 saturated heterocycles. The third-order valence-electron chi connectivity index (χ3n) is 3.99. The van der Waals surface area contributed by atoms with E-state index in [-0.39, 0.29) is 0 Å². The van der Waals surface area contributed by atoms with Crippen molar-refractivity contribution in [2.24, 2.45) is 4.99 Å². The molecule has 25 heavy (non-hydrogen) atoms. The lowest BCUT2D eigenvalue weighted by atomic mass is 10.2. The fourth-order valence-electron chi connectivity index (χ4n) is 2.64. The van der Waals surface area contributed by atoms with Crippen molar-refractivity contribution in [3.05, 3.63) is 63.4 Å². The Labute approximate surface area is 151 Å². The molecule has 3 aromatic rings. The molecule has 5 nitrogen and oxygen atoms in total. The Morgan fingerprint density at radius 1 is 1.28 bits per heavy atom. The first-order valence-electron chi connectivity index (χ1n) is 8.02. The molecular weight excluding hydrogens is 330 g/mol. The predicted octanol–water partition coefficient (Wildman–Crippen LogP) is 4.13. The zero-order valence-electron chi connectivity index (χ0n) is 14.5. The maximum Gasteiger partial charge on any atom is 0.133 e. The maximum absolute atomic E-state index is 9.36. The van der Waals surface area contributed by atoms with E-state index in [0.717, 1.165) is 33.3 Å². The summed E-state index contributed by atoms with van der Waals surface area (Å²) in [5.41, 5.74) is 5.08. The lowest BCUT2D eigenvalue weighted by Crippen LogP contribution is -1.99. The van der Waals surface area contributed by atoms with Gasteiger partial charge in [0.2, 0.25) is 0 Å². The molecule has 0 unspecified atom stereocenters. The van der Waals surface area contributed by atoms with Crippen molar-refractivity contribution in [2.45, 2.75) is 33.2 Å². The van der Waals surface area contributed by atoms with Gasteiger partial charge in [0.05, 0.1) is 24.0 Å². The van der Waals surface area contributed by atoms with Gasteiger partial charge in [-0.2, -0.15) is 10.4 Å². The molecule has 0 fully saturated rings. The first-order valence-corrected chi connectivity index (χ1v) is 8.90. The molecule has 2 aromatic heterocycles. The molecule has 0 amide bonds. The quantitative estimate of drug-likeness (QED) is 0.650. The van der Waals surface area contributed by atoms with E-state index in [1.54, 1.807) is 6.21 Å². The second-order valence-corrected chi connectivity index (χ2v) is 6.71. The van der Waals surface area contributed by atoms with Gasteiger partial charge in [-0.3, -0.25) is 4.99 Å². The average molecular weight is 349 g/mol. The Morgan fingerprint density at radius 2 is 2.04 bits per heavy atom. The molecule has 126 valence electrons. The highest BCUT2D eigenvalue weighted by atomic mass is 32.1. The van der Waals surface area contributed by atoms with Gasteiger partial charge in [0.15, 0.2) is 0 Å². The third kappa shape index (κ3) is 3.67. The van der Waals surface area contributed by atoms with Gasteiger partial charge in [-0.05, 0) is 32.9 Å². The SMILES string of the molecule is Cc1csc([C@H](C#N)C=NCc2c(C)nn(-c3ccccc3)c2C)n1. The van der Waals surface area contributed by atoms with Gasteiger partial charge in [0.1, 0.15) is 10.9 Å². The fourth-order valence-corrected chi connectivity index (χ4v) is 3.44. The van der Waals surface area contributed by atoms with Crippen LogP contribution in [0.4, 0.5) is 0 Å². The molecule has 0 bridgehead atoms. The average Bonchev–Trinajstić information content (AvgIpc) is 3.17. The largest absolute Gasteiger partial charge is 0.291 e. The number of hydrogen-bond acceptors (Lipinski definition) is 5. The number of rotatable bonds is 5. The highest BCUT2D eigenvalue weighted by Gasteiger charge is 2.14. The standard InChI is InChI=1S/C19H19N5S/c1-13-12-25-19(22-13)16(9-20)10-21-11-18-14(2)23-24(15(18)3)17-7-5-4-6-8-17/h4-8,10,12,16H,11H2,1-3H3/t16-/m1/s1. The molecular formula is C19H19N5S. The highest BCUT2D eigenvalue weighted by molar-refractivity contribution is 7.09.